The molecule has 128 valence electrons. The van der Waals surface area contributed by atoms with Crippen molar-refractivity contribution in [2.45, 2.75) is 6.92 Å². The van der Waals surface area contributed by atoms with Crippen LogP contribution in [0.15, 0.2) is 54.6 Å². The van der Waals surface area contributed by atoms with Gasteiger partial charge < -0.3 is 11.1 Å². The van der Waals surface area contributed by atoms with E-state index in [0.717, 1.165) is 11.1 Å². The first-order valence-corrected chi connectivity index (χ1v) is 8.43. The third-order valence-corrected chi connectivity index (χ3v) is 4.91. The highest BCUT2D eigenvalue weighted by Gasteiger charge is 2.35. The molecule has 0 radical (unpaired) electrons. The van der Waals surface area contributed by atoms with Crippen molar-refractivity contribution in [2.24, 2.45) is 0 Å². The van der Waals surface area contributed by atoms with Crippen LogP contribution in [0.4, 0.5) is 11.4 Å². The first-order valence-electron chi connectivity index (χ1n) is 8.43. The number of nitrogens with two attached hydrogens (primary N) is 1. The van der Waals surface area contributed by atoms with Crippen molar-refractivity contribution in [2.75, 3.05) is 18.1 Å². The molecule has 0 amide bonds. The summed E-state index contributed by atoms with van der Waals surface area (Å²) in [7, 11) is 1.71. The molecule has 3 aromatic carbocycles. The number of aryl methyl sites for hydroxylation is 1. The van der Waals surface area contributed by atoms with E-state index in [1.54, 1.807) is 37.4 Å². The van der Waals surface area contributed by atoms with Gasteiger partial charge in [-0.3, -0.25) is 9.59 Å². The maximum absolute atomic E-state index is 13.3. The van der Waals surface area contributed by atoms with E-state index in [1.807, 2.05) is 31.2 Å². The molecule has 1 aliphatic carbocycles. The molecular formula is C22H18N2O2. The summed E-state index contributed by atoms with van der Waals surface area (Å²) in [5.41, 5.74) is 11.4. The standard InChI is InChI=1S/C22H18N2O2/c1-12-7-3-4-8-13(12)16-11-17(23)20(24-2)19-18(16)21(25)14-9-5-6-10-15(14)22(19)26/h3-11,24H,23H2,1-2H3. The summed E-state index contributed by atoms with van der Waals surface area (Å²) in [6.45, 7) is 1.98. The van der Waals surface area contributed by atoms with Crippen molar-refractivity contribution in [1.82, 2.24) is 0 Å². The van der Waals surface area contributed by atoms with Crippen LogP contribution < -0.4 is 11.1 Å². The average molecular weight is 342 g/mol. The molecule has 0 atom stereocenters. The van der Waals surface area contributed by atoms with Crippen molar-refractivity contribution in [1.29, 1.82) is 0 Å². The Hall–Kier alpha value is -3.40. The minimum Gasteiger partial charge on any atom is -0.397 e. The maximum atomic E-state index is 13.3. The van der Waals surface area contributed by atoms with Crippen molar-refractivity contribution < 1.29 is 9.59 Å². The van der Waals surface area contributed by atoms with Gasteiger partial charge in [0.1, 0.15) is 0 Å². The third kappa shape index (κ3) is 2.15. The number of nitrogen functional groups attached to an aromatic ring is 1. The first kappa shape index (κ1) is 16.1. The summed E-state index contributed by atoms with van der Waals surface area (Å²) in [5, 5.41) is 3.00. The number of fused-ring (bicyclic) bond motifs is 2. The van der Waals surface area contributed by atoms with E-state index in [9.17, 15) is 9.59 Å². The predicted octanol–water partition coefficient (Wildman–Crippen LogP) is 4.06. The highest BCUT2D eigenvalue weighted by atomic mass is 16.1. The molecular weight excluding hydrogens is 324 g/mol. The quantitative estimate of drug-likeness (QED) is 0.539. The molecule has 0 aliphatic heterocycles. The molecule has 0 fully saturated rings. The van der Waals surface area contributed by atoms with E-state index in [-0.39, 0.29) is 11.6 Å². The predicted molar refractivity (Wildman–Crippen MR) is 104 cm³/mol. The van der Waals surface area contributed by atoms with Crippen LogP contribution in [0.5, 0.6) is 0 Å². The van der Waals surface area contributed by atoms with Gasteiger partial charge in [0, 0.05) is 23.7 Å². The van der Waals surface area contributed by atoms with Crippen LogP contribution in [0.1, 0.15) is 37.4 Å². The van der Waals surface area contributed by atoms with Crippen LogP contribution in [0.25, 0.3) is 11.1 Å². The Labute approximate surface area is 151 Å². The zero-order valence-electron chi connectivity index (χ0n) is 14.6. The normalized spacial score (nSPS) is 12.5. The lowest BCUT2D eigenvalue weighted by atomic mass is 9.78. The van der Waals surface area contributed by atoms with E-state index in [4.69, 9.17) is 5.73 Å². The van der Waals surface area contributed by atoms with Gasteiger partial charge in [0.2, 0.25) is 0 Å². The monoisotopic (exact) mass is 342 g/mol. The smallest absolute Gasteiger partial charge is 0.196 e. The van der Waals surface area contributed by atoms with E-state index >= 15 is 0 Å². The summed E-state index contributed by atoms with van der Waals surface area (Å²) in [6.07, 6.45) is 0. The fourth-order valence-corrected chi connectivity index (χ4v) is 3.67. The Morgan fingerprint density at radius 3 is 1.88 bits per heavy atom. The Bertz CT molecular complexity index is 1080. The largest absolute Gasteiger partial charge is 0.397 e. The van der Waals surface area contributed by atoms with Crippen molar-refractivity contribution in [3.05, 3.63) is 82.4 Å². The summed E-state index contributed by atoms with van der Waals surface area (Å²) in [6, 6.07) is 16.5. The zero-order chi connectivity index (χ0) is 18.4. The molecule has 0 spiro atoms. The van der Waals surface area contributed by atoms with Gasteiger partial charge in [0.15, 0.2) is 11.6 Å². The van der Waals surface area contributed by atoms with E-state index in [2.05, 4.69) is 5.32 Å². The topological polar surface area (TPSA) is 72.2 Å². The minimum atomic E-state index is -0.179. The molecule has 0 saturated carbocycles. The highest BCUT2D eigenvalue weighted by molar-refractivity contribution is 6.32. The number of carbonyl (C=O) groups excluding carboxylic acids is 2. The van der Waals surface area contributed by atoms with Gasteiger partial charge >= 0.3 is 0 Å². The molecule has 0 heterocycles. The fraction of sp³-hybridized carbons (Fsp3) is 0.0909. The molecule has 4 nitrogen and oxygen atoms in total. The summed E-state index contributed by atoms with van der Waals surface area (Å²) in [4.78, 5) is 26.5. The number of hydrogen-bond donors (Lipinski definition) is 2. The van der Waals surface area contributed by atoms with Crippen LogP contribution in [0, 0.1) is 6.92 Å². The Morgan fingerprint density at radius 2 is 1.31 bits per heavy atom. The third-order valence-electron chi connectivity index (χ3n) is 4.91. The number of hydrogen-bond acceptors (Lipinski definition) is 4. The lowest BCUT2D eigenvalue weighted by Crippen LogP contribution is -2.24. The van der Waals surface area contributed by atoms with Crippen LogP contribution in [-0.4, -0.2) is 18.6 Å². The van der Waals surface area contributed by atoms with Crippen LogP contribution in [0.3, 0.4) is 0 Å². The SMILES string of the molecule is CNc1c(N)cc(-c2ccccc2C)c2c1C(=O)c1ccccc1C2=O. The molecule has 0 aromatic heterocycles. The van der Waals surface area contributed by atoms with Gasteiger partial charge in [-0.2, -0.15) is 0 Å². The van der Waals surface area contributed by atoms with Crippen LogP contribution in [0.2, 0.25) is 0 Å². The summed E-state index contributed by atoms with van der Waals surface area (Å²) >= 11 is 0. The Morgan fingerprint density at radius 1 is 0.769 bits per heavy atom. The van der Waals surface area contributed by atoms with Gasteiger partial charge in [-0.25, -0.2) is 0 Å². The number of carbonyl (C=O) groups is 2. The van der Waals surface area contributed by atoms with Crippen LogP contribution in [-0.2, 0) is 0 Å². The summed E-state index contributed by atoms with van der Waals surface area (Å²) in [5.74, 6) is -0.327. The molecule has 4 heteroatoms. The molecule has 3 N–H and O–H groups in total. The zero-order valence-corrected chi connectivity index (χ0v) is 14.6. The number of nitrogens with one attached hydrogen (secondary N) is 1. The molecule has 0 bridgehead atoms. The second-order valence-electron chi connectivity index (χ2n) is 6.41. The Balaban J connectivity index is 2.13. The Kier molecular flexibility index (Phi) is 3.62. The van der Waals surface area contributed by atoms with Crippen LogP contribution >= 0.6 is 0 Å². The molecule has 3 aromatic rings. The second kappa shape index (κ2) is 5.85. The number of benzene rings is 3. The molecule has 0 saturated heterocycles. The average Bonchev–Trinajstić information content (AvgIpc) is 2.65. The van der Waals surface area contributed by atoms with Crippen molar-refractivity contribution in [3.8, 4) is 11.1 Å². The first-order chi connectivity index (χ1) is 12.5. The van der Waals surface area contributed by atoms with Gasteiger partial charge in [-0.1, -0.05) is 48.5 Å². The molecule has 1 aliphatic rings. The van der Waals surface area contributed by atoms with Crippen molar-refractivity contribution >= 4 is 22.9 Å². The highest BCUT2D eigenvalue weighted by Crippen LogP contribution is 2.41. The van der Waals surface area contributed by atoms with Crippen molar-refractivity contribution in [3.63, 3.8) is 0 Å². The van der Waals surface area contributed by atoms with E-state index in [1.165, 1.54) is 0 Å². The van der Waals surface area contributed by atoms with E-state index < -0.39 is 0 Å². The maximum Gasteiger partial charge on any atom is 0.196 e. The van der Waals surface area contributed by atoms with Gasteiger partial charge in [-0.15, -0.1) is 0 Å². The van der Waals surface area contributed by atoms with Gasteiger partial charge in [0.25, 0.3) is 0 Å². The molecule has 26 heavy (non-hydrogen) atoms. The molecule has 0 unspecified atom stereocenters. The number of ketones is 2. The van der Waals surface area contributed by atoms with Gasteiger partial charge in [-0.05, 0) is 29.7 Å². The second-order valence-corrected chi connectivity index (χ2v) is 6.41. The lowest BCUT2D eigenvalue weighted by Gasteiger charge is -2.24. The molecule has 4 rings (SSSR count). The summed E-state index contributed by atoms with van der Waals surface area (Å²) < 4.78 is 0. The van der Waals surface area contributed by atoms with E-state index in [0.29, 0.717) is 39.2 Å². The number of anilines is 2. The van der Waals surface area contributed by atoms with Gasteiger partial charge in [0.05, 0.1) is 16.9 Å². The fourth-order valence-electron chi connectivity index (χ4n) is 3.67. The number of rotatable bonds is 2. The lowest BCUT2D eigenvalue weighted by molar-refractivity contribution is 0.0980. The minimum absolute atomic E-state index is 0.148.